The molecule has 0 aliphatic rings. The highest BCUT2D eigenvalue weighted by Crippen LogP contribution is 2.27. The van der Waals surface area contributed by atoms with Gasteiger partial charge in [-0.1, -0.05) is 17.8 Å². The summed E-state index contributed by atoms with van der Waals surface area (Å²) in [6.45, 7) is 6.22. The first-order valence-corrected chi connectivity index (χ1v) is 11.7. The van der Waals surface area contributed by atoms with Crippen molar-refractivity contribution in [2.75, 3.05) is 25.3 Å². The molecular formula is C21H24N6O4S2. The van der Waals surface area contributed by atoms with Crippen LogP contribution in [0.2, 0.25) is 0 Å². The monoisotopic (exact) mass is 488 g/mol. The van der Waals surface area contributed by atoms with Gasteiger partial charge in [0, 0.05) is 17.5 Å². The molecule has 33 heavy (non-hydrogen) atoms. The fraction of sp³-hybridized carbons (Fsp3) is 0.286. The Labute approximate surface area is 199 Å². The van der Waals surface area contributed by atoms with Crippen LogP contribution in [-0.2, 0) is 17.9 Å². The number of hydrogen-bond donors (Lipinski definition) is 2. The second kappa shape index (κ2) is 11.5. The molecule has 0 unspecified atom stereocenters. The number of carbonyl (C=O) groups is 2. The van der Waals surface area contributed by atoms with Crippen LogP contribution in [0.25, 0.3) is 0 Å². The number of aryl methyl sites for hydroxylation is 1. The molecule has 2 N–H and O–H groups in total. The Hall–Kier alpha value is -3.38. The van der Waals surface area contributed by atoms with E-state index in [1.165, 1.54) is 37.3 Å². The van der Waals surface area contributed by atoms with Gasteiger partial charge in [-0.25, -0.2) is 4.98 Å². The van der Waals surface area contributed by atoms with E-state index >= 15 is 0 Å². The summed E-state index contributed by atoms with van der Waals surface area (Å²) in [7, 11) is 3.04. The van der Waals surface area contributed by atoms with Crippen LogP contribution < -0.4 is 20.1 Å². The fourth-order valence-corrected chi connectivity index (χ4v) is 4.28. The maximum atomic E-state index is 12.6. The fourth-order valence-electron chi connectivity index (χ4n) is 2.80. The number of thioether (sulfide) groups is 1. The largest absolute Gasteiger partial charge is 0.493 e. The maximum absolute atomic E-state index is 12.6. The van der Waals surface area contributed by atoms with E-state index in [-0.39, 0.29) is 24.1 Å². The number of ether oxygens (including phenoxy) is 2. The Balaban J connectivity index is 1.62. The Morgan fingerprint density at radius 2 is 2.03 bits per heavy atom. The first kappa shape index (κ1) is 24.3. The van der Waals surface area contributed by atoms with Crippen molar-refractivity contribution in [3.8, 4) is 11.5 Å². The minimum Gasteiger partial charge on any atom is -0.493 e. The number of thiazole rings is 1. The number of rotatable bonds is 11. The molecule has 0 atom stereocenters. The van der Waals surface area contributed by atoms with Gasteiger partial charge in [0.25, 0.3) is 5.91 Å². The summed E-state index contributed by atoms with van der Waals surface area (Å²) in [6.07, 6.45) is 1.70. The molecule has 12 heteroatoms. The number of nitrogens with one attached hydrogen (secondary N) is 2. The molecule has 2 amide bonds. The maximum Gasteiger partial charge on any atom is 0.251 e. The van der Waals surface area contributed by atoms with Crippen LogP contribution in [-0.4, -0.2) is 51.5 Å². The zero-order valence-electron chi connectivity index (χ0n) is 18.5. The molecule has 2 heterocycles. The number of hydrogen-bond acceptors (Lipinski definition) is 9. The molecule has 0 aliphatic heterocycles. The highest BCUT2D eigenvalue weighted by molar-refractivity contribution is 7.99. The third-order valence-electron chi connectivity index (χ3n) is 4.36. The lowest BCUT2D eigenvalue weighted by molar-refractivity contribution is -0.113. The topological polar surface area (TPSA) is 120 Å². The molecule has 174 valence electrons. The minimum atomic E-state index is -0.295. The molecule has 0 radical (unpaired) electrons. The number of benzene rings is 1. The van der Waals surface area contributed by atoms with E-state index in [1.54, 1.807) is 28.8 Å². The van der Waals surface area contributed by atoms with E-state index < -0.39 is 0 Å². The summed E-state index contributed by atoms with van der Waals surface area (Å²) < 4.78 is 12.2. The summed E-state index contributed by atoms with van der Waals surface area (Å²) in [6, 6.07) is 4.92. The predicted molar refractivity (Wildman–Crippen MR) is 127 cm³/mol. The van der Waals surface area contributed by atoms with Crippen LogP contribution in [0.1, 0.15) is 21.9 Å². The van der Waals surface area contributed by atoms with E-state index in [9.17, 15) is 9.59 Å². The Bertz CT molecular complexity index is 1140. The van der Waals surface area contributed by atoms with Crippen molar-refractivity contribution in [2.45, 2.75) is 25.2 Å². The summed E-state index contributed by atoms with van der Waals surface area (Å²) in [5.74, 6) is 1.20. The van der Waals surface area contributed by atoms with Gasteiger partial charge in [-0.05, 0) is 25.1 Å². The molecule has 0 saturated carbocycles. The molecule has 3 aromatic rings. The zero-order chi connectivity index (χ0) is 23.8. The third-order valence-corrected chi connectivity index (χ3v) is 6.20. The number of carbonyl (C=O) groups excluding carboxylic acids is 2. The highest BCUT2D eigenvalue weighted by atomic mass is 32.2. The lowest BCUT2D eigenvalue weighted by atomic mass is 10.2. The lowest BCUT2D eigenvalue weighted by Gasteiger charge is -2.11. The molecule has 10 nitrogen and oxygen atoms in total. The molecule has 0 bridgehead atoms. The summed E-state index contributed by atoms with van der Waals surface area (Å²) in [5, 5.41) is 16.9. The number of aromatic nitrogens is 4. The van der Waals surface area contributed by atoms with Crippen LogP contribution in [0.5, 0.6) is 11.5 Å². The average Bonchev–Trinajstić information content (AvgIpc) is 3.41. The van der Waals surface area contributed by atoms with Crippen molar-refractivity contribution in [3.63, 3.8) is 0 Å². The highest BCUT2D eigenvalue weighted by Gasteiger charge is 2.16. The van der Waals surface area contributed by atoms with E-state index in [4.69, 9.17) is 9.47 Å². The van der Waals surface area contributed by atoms with Crippen LogP contribution in [0.4, 0.5) is 5.13 Å². The van der Waals surface area contributed by atoms with Gasteiger partial charge in [0.1, 0.15) is 0 Å². The van der Waals surface area contributed by atoms with Gasteiger partial charge in [-0.3, -0.25) is 9.59 Å². The normalized spacial score (nSPS) is 10.5. The molecule has 0 fully saturated rings. The molecule has 1 aromatic carbocycles. The molecule has 0 spiro atoms. The summed E-state index contributed by atoms with van der Waals surface area (Å²) >= 11 is 2.62. The van der Waals surface area contributed by atoms with E-state index in [2.05, 4.69) is 32.4 Å². The van der Waals surface area contributed by atoms with Gasteiger partial charge in [0.05, 0.1) is 32.2 Å². The summed E-state index contributed by atoms with van der Waals surface area (Å²) in [5.41, 5.74) is 1.28. The number of anilines is 1. The minimum absolute atomic E-state index is 0.145. The zero-order valence-corrected chi connectivity index (χ0v) is 20.1. The van der Waals surface area contributed by atoms with Crippen molar-refractivity contribution < 1.29 is 19.1 Å². The van der Waals surface area contributed by atoms with Crippen molar-refractivity contribution in [1.82, 2.24) is 25.1 Å². The second-order valence-corrected chi connectivity index (χ2v) is 8.48. The quantitative estimate of drug-likeness (QED) is 0.312. The van der Waals surface area contributed by atoms with Crippen molar-refractivity contribution >= 4 is 40.0 Å². The Kier molecular flexibility index (Phi) is 8.44. The first-order chi connectivity index (χ1) is 15.9. The smallest absolute Gasteiger partial charge is 0.251 e. The number of methoxy groups -OCH3 is 2. The standard InChI is InChI=1S/C21H24N6O4S2/c1-5-8-27-17(10-22-19(29)14-6-7-15(30-3)16(9-14)31-4)25-26-21(27)33-12-18(28)24-20-23-13(2)11-32-20/h5-7,9,11H,1,8,10,12H2,2-4H3,(H,22,29)(H,23,24,28). The number of nitrogens with zero attached hydrogens (tertiary/aromatic N) is 4. The SMILES string of the molecule is C=CCn1c(CNC(=O)c2ccc(OC)c(OC)c2)nnc1SCC(=O)Nc1nc(C)cs1. The average molecular weight is 489 g/mol. The van der Waals surface area contributed by atoms with Crippen LogP contribution >= 0.6 is 23.1 Å². The molecule has 2 aromatic heterocycles. The van der Waals surface area contributed by atoms with E-state index in [0.717, 1.165) is 5.69 Å². The lowest BCUT2D eigenvalue weighted by Crippen LogP contribution is -2.25. The van der Waals surface area contributed by atoms with Crippen LogP contribution in [0.3, 0.4) is 0 Å². The van der Waals surface area contributed by atoms with Crippen molar-refractivity contribution in [2.24, 2.45) is 0 Å². The van der Waals surface area contributed by atoms with E-state index in [0.29, 0.717) is 39.7 Å². The molecule has 0 saturated heterocycles. The van der Waals surface area contributed by atoms with Crippen LogP contribution in [0, 0.1) is 6.92 Å². The second-order valence-electron chi connectivity index (χ2n) is 6.68. The van der Waals surface area contributed by atoms with Gasteiger partial charge in [-0.15, -0.1) is 28.1 Å². The number of amides is 2. The predicted octanol–water partition coefficient (Wildman–Crippen LogP) is 2.91. The summed E-state index contributed by atoms with van der Waals surface area (Å²) in [4.78, 5) is 29.0. The molecule has 3 rings (SSSR count). The number of allylic oxidation sites excluding steroid dienone is 1. The van der Waals surface area contributed by atoms with Crippen LogP contribution in [0.15, 0.2) is 41.4 Å². The first-order valence-electron chi connectivity index (χ1n) is 9.83. The molecular weight excluding hydrogens is 464 g/mol. The molecule has 0 aliphatic carbocycles. The van der Waals surface area contributed by atoms with Gasteiger partial charge in [0.15, 0.2) is 27.6 Å². The van der Waals surface area contributed by atoms with Gasteiger partial charge >= 0.3 is 0 Å². The van der Waals surface area contributed by atoms with Gasteiger partial charge in [-0.2, -0.15) is 0 Å². The Morgan fingerprint density at radius 1 is 1.24 bits per heavy atom. The van der Waals surface area contributed by atoms with Crippen molar-refractivity contribution in [3.05, 3.63) is 53.3 Å². The van der Waals surface area contributed by atoms with Crippen molar-refractivity contribution in [1.29, 1.82) is 0 Å². The van der Waals surface area contributed by atoms with Gasteiger partial charge in [0.2, 0.25) is 5.91 Å². The van der Waals surface area contributed by atoms with E-state index in [1.807, 2.05) is 12.3 Å². The van der Waals surface area contributed by atoms with Gasteiger partial charge < -0.3 is 24.7 Å². The third kappa shape index (κ3) is 6.33. The Morgan fingerprint density at radius 3 is 2.70 bits per heavy atom.